The number of carbonyl (C=O) groups excluding carboxylic acids is 1. The predicted octanol–water partition coefficient (Wildman–Crippen LogP) is 3.60. The second-order valence-electron chi connectivity index (χ2n) is 6.64. The first kappa shape index (κ1) is 18.6. The van der Waals surface area contributed by atoms with Gasteiger partial charge in [0, 0.05) is 29.4 Å². The fraction of sp³-hybridized carbons (Fsp3) is 0.136. The minimum atomic E-state index is -0.526. The third-order valence-electron chi connectivity index (χ3n) is 4.61. The minimum absolute atomic E-state index is 0.0649. The number of hydrogen-bond acceptors (Lipinski definition) is 4. The van der Waals surface area contributed by atoms with E-state index in [9.17, 15) is 14.0 Å². The molecule has 0 aliphatic carbocycles. The lowest BCUT2D eigenvalue weighted by Crippen LogP contribution is -2.31. The number of aryl methyl sites for hydroxylation is 1. The summed E-state index contributed by atoms with van der Waals surface area (Å²) < 4.78 is 19.1. The molecule has 7 heteroatoms. The van der Waals surface area contributed by atoms with Crippen LogP contribution in [-0.4, -0.2) is 22.4 Å². The number of H-pyrrole nitrogens is 1. The predicted molar refractivity (Wildman–Crippen MR) is 107 cm³/mol. The van der Waals surface area contributed by atoms with Crippen LogP contribution in [0, 0.1) is 12.7 Å². The number of oxazole rings is 1. The number of benzene rings is 2. The van der Waals surface area contributed by atoms with Crippen LogP contribution in [0.2, 0.25) is 0 Å². The van der Waals surface area contributed by atoms with E-state index in [1.54, 1.807) is 0 Å². The highest BCUT2D eigenvalue weighted by Crippen LogP contribution is 2.21. The maximum Gasteiger partial charge on any atom is 0.261 e. The summed E-state index contributed by atoms with van der Waals surface area (Å²) in [6.45, 7) is 2.10. The van der Waals surface area contributed by atoms with Gasteiger partial charge in [-0.1, -0.05) is 18.2 Å². The number of aromatic amines is 1. The van der Waals surface area contributed by atoms with Crippen molar-refractivity contribution in [2.45, 2.75) is 13.3 Å². The van der Waals surface area contributed by atoms with Crippen LogP contribution in [0.4, 0.5) is 4.39 Å². The lowest BCUT2D eigenvalue weighted by atomic mass is 10.1. The minimum Gasteiger partial charge on any atom is -0.441 e. The number of pyridine rings is 1. The van der Waals surface area contributed by atoms with Crippen LogP contribution in [0.1, 0.15) is 21.8 Å². The Morgan fingerprint density at radius 1 is 1.17 bits per heavy atom. The molecule has 0 unspecified atom stereocenters. The third kappa shape index (κ3) is 3.94. The van der Waals surface area contributed by atoms with Crippen LogP contribution in [0.15, 0.2) is 63.8 Å². The van der Waals surface area contributed by atoms with Gasteiger partial charge in [-0.3, -0.25) is 9.59 Å². The fourth-order valence-electron chi connectivity index (χ4n) is 3.10. The average molecular weight is 391 g/mol. The summed E-state index contributed by atoms with van der Waals surface area (Å²) in [4.78, 5) is 31.7. The zero-order chi connectivity index (χ0) is 20.4. The molecule has 2 heterocycles. The van der Waals surface area contributed by atoms with Gasteiger partial charge in [0.15, 0.2) is 0 Å². The van der Waals surface area contributed by atoms with Gasteiger partial charge in [-0.15, -0.1) is 0 Å². The lowest BCUT2D eigenvalue weighted by Gasteiger charge is -2.05. The molecule has 0 saturated carbocycles. The van der Waals surface area contributed by atoms with E-state index in [1.807, 2.05) is 37.3 Å². The third-order valence-corrected chi connectivity index (χ3v) is 4.61. The van der Waals surface area contributed by atoms with Crippen molar-refractivity contribution in [1.29, 1.82) is 0 Å². The highest BCUT2D eigenvalue weighted by atomic mass is 19.1. The first-order valence-corrected chi connectivity index (χ1v) is 9.14. The van der Waals surface area contributed by atoms with Crippen molar-refractivity contribution in [1.82, 2.24) is 15.3 Å². The average Bonchev–Trinajstić information content (AvgIpc) is 3.09. The SMILES string of the molecule is Cc1oc(-c2ccccc2)nc1CCNC(=O)c1cc2cc(F)ccc2[nH]c1=O. The first-order valence-electron chi connectivity index (χ1n) is 9.14. The van der Waals surface area contributed by atoms with Gasteiger partial charge in [0.1, 0.15) is 17.1 Å². The van der Waals surface area contributed by atoms with Crippen molar-refractivity contribution < 1.29 is 13.6 Å². The largest absolute Gasteiger partial charge is 0.441 e. The molecule has 4 rings (SSSR count). The summed E-state index contributed by atoms with van der Waals surface area (Å²) in [6, 6.07) is 14.9. The van der Waals surface area contributed by atoms with Crippen molar-refractivity contribution >= 4 is 16.8 Å². The van der Waals surface area contributed by atoms with Gasteiger partial charge < -0.3 is 14.7 Å². The van der Waals surface area contributed by atoms with E-state index in [2.05, 4.69) is 15.3 Å². The fourth-order valence-corrected chi connectivity index (χ4v) is 3.10. The number of halogens is 1. The molecule has 0 bridgehead atoms. The summed E-state index contributed by atoms with van der Waals surface area (Å²) in [5, 5.41) is 3.16. The summed E-state index contributed by atoms with van der Waals surface area (Å²) >= 11 is 0. The molecule has 6 nitrogen and oxygen atoms in total. The molecule has 0 spiro atoms. The molecule has 1 amide bonds. The molecular weight excluding hydrogens is 373 g/mol. The molecule has 2 N–H and O–H groups in total. The molecule has 0 fully saturated rings. The Morgan fingerprint density at radius 3 is 2.76 bits per heavy atom. The molecule has 146 valence electrons. The summed E-state index contributed by atoms with van der Waals surface area (Å²) in [6.07, 6.45) is 0.452. The Morgan fingerprint density at radius 2 is 1.97 bits per heavy atom. The lowest BCUT2D eigenvalue weighted by molar-refractivity contribution is 0.0952. The molecule has 2 aromatic heterocycles. The Bertz CT molecular complexity index is 1250. The van der Waals surface area contributed by atoms with Crippen molar-refractivity contribution in [3.8, 4) is 11.5 Å². The van der Waals surface area contributed by atoms with Gasteiger partial charge in [0.25, 0.3) is 11.5 Å². The number of nitrogens with one attached hydrogen (secondary N) is 2. The molecule has 4 aromatic rings. The molecule has 0 radical (unpaired) electrons. The van der Waals surface area contributed by atoms with Gasteiger partial charge in [0.2, 0.25) is 5.89 Å². The van der Waals surface area contributed by atoms with Crippen LogP contribution in [0.3, 0.4) is 0 Å². The summed E-state index contributed by atoms with van der Waals surface area (Å²) in [5.41, 5.74) is 1.50. The van der Waals surface area contributed by atoms with E-state index < -0.39 is 17.3 Å². The quantitative estimate of drug-likeness (QED) is 0.544. The zero-order valence-electron chi connectivity index (χ0n) is 15.7. The molecular formula is C22H18FN3O3. The molecule has 2 aromatic carbocycles. The Labute approximate surface area is 165 Å². The number of aromatic nitrogens is 2. The Balaban J connectivity index is 1.46. The molecule has 0 saturated heterocycles. The highest BCUT2D eigenvalue weighted by molar-refractivity contribution is 5.97. The van der Waals surface area contributed by atoms with Crippen molar-refractivity contribution in [3.05, 3.63) is 87.8 Å². The zero-order valence-corrected chi connectivity index (χ0v) is 15.7. The Kier molecular flexibility index (Phi) is 4.95. The normalized spacial score (nSPS) is 11.0. The second-order valence-corrected chi connectivity index (χ2v) is 6.64. The van der Waals surface area contributed by atoms with E-state index in [4.69, 9.17) is 4.42 Å². The Hall–Kier alpha value is -3.74. The van der Waals surface area contributed by atoms with E-state index >= 15 is 0 Å². The van der Waals surface area contributed by atoms with Crippen molar-refractivity contribution in [3.63, 3.8) is 0 Å². The number of nitrogens with zero attached hydrogens (tertiary/aromatic N) is 1. The van der Waals surface area contributed by atoms with Crippen molar-refractivity contribution in [2.75, 3.05) is 6.54 Å². The van der Waals surface area contributed by atoms with Crippen LogP contribution < -0.4 is 10.9 Å². The molecule has 0 atom stereocenters. The van der Waals surface area contributed by atoms with E-state index in [0.29, 0.717) is 29.0 Å². The number of amides is 1. The monoisotopic (exact) mass is 391 g/mol. The number of rotatable bonds is 5. The maximum atomic E-state index is 13.4. The van der Waals surface area contributed by atoms with Gasteiger partial charge in [-0.25, -0.2) is 9.37 Å². The topological polar surface area (TPSA) is 88.0 Å². The van der Waals surface area contributed by atoms with Gasteiger partial charge in [0.05, 0.1) is 5.69 Å². The molecule has 0 aliphatic heterocycles. The first-order chi connectivity index (χ1) is 14.0. The second kappa shape index (κ2) is 7.71. The van der Waals surface area contributed by atoms with E-state index in [1.165, 1.54) is 24.3 Å². The standard InChI is InChI=1S/C22H18FN3O3/c1-13-18(26-22(29-13)14-5-3-2-4-6-14)9-10-24-20(27)17-12-15-11-16(23)7-8-19(15)25-21(17)28/h2-8,11-12H,9-10H2,1H3,(H,24,27)(H,25,28). The van der Waals surface area contributed by atoms with Crippen LogP contribution in [0.5, 0.6) is 0 Å². The number of fused-ring (bicyclic) bond motifs is 1. The summed E-state index contributed by atoms with van der Waals surface area (Å²) in [7, 11) is 0. The smallest absolute Gasteiger partial charge is 0.261 e. The van der Waals surface area contributed by atoms with E-state index in [0.717, 1.165) is 11.3 Å². The maximum absolute atomic E-state index is 13.4. The summed E-state index contributed by atoms with van der Waals surface area (Å²) in [5.74, 6) is 0.239. The van der Waals surface area contributed by atoms with Gasteiger partial charge in [-0.05, 0) is 43.3 Å². The van der Waals surface area contributed by atoms with Crippen LogP contribution in [0.25, 0.3) is 22.4 Å². The number of hydrogen-bond donors (Lipinski definition) is 2. The molecule has 0 aliphatic rings. The van der Waals surface area contributed by atoms with Crippen molar-refractivity contribution in [2.24, 2.45) is 0 Å². The van der Waals surface area contributed by atoms with Crippen LogP contribution in [-0.2, 0) is 6.42 Å². The van der Waals surface area contributed by atoms with Gasteiger partial charge >= 0.3 is 0 Å². The molecule has 29 heavy (non-hydrogen) atoms. The number of carbonyl (C=O) groups is 1. The van der Waals surface area contributed by atoms with Gasteiger partial charge in [-0.2, -0.15) is 0 Å². The van der Waals surface area contributed by atoms with E-state index in [-0.39, 0.29) is 12.1 Å². The highest BCUT2D eigenvalue weighted by Gasteiger charge is 2.14. The van der Waals surface area contributed by atoms with Crippen LogP contribution >= 0.6 is 0 Å².